The third-order valence-electron chi connectivity index (χ3n) is 3.35. The number of phenols is 1. The highest BCUT2D eigenvalue weighted by molar-refractivity contribution is 7.73. The first kappa shape index (κ1) is 15.9. The Kier molecular flexibility index (Phi) is 3.89. The van der Waals surface area contributed by atoms with Gasteiger partial charge in [-0.3, -0.25) is 0 Å². The fraction of sp³-hybridized carbons (Fsp3) is 0.133. The molecule has 0 atom stereocenters. The molecule has 120 valence electrons. The molecule has 23 heavy (non-hydrogen) atoms. The second kappa shape index (κ2) is 5.61. The van der Waals surface area contributed by atoms with Crippen molar-refractivity contribution in [1.82, 2.24) is 4.57 Å². The number of rotatable bonds is 2. The van der Waals surface area contributed by atoms with Crippen molar-refractivity contribution in [3.63, 3.8) is 0 Å². The van der Waals surface area contributed by atoms with Gasteiger partial charge in [0.2, 0.25) is 0 Å². The van der Waals surface area contributed by atoms with Gasteiger partial charge in [0.1, 0.15) is 0 Å². The number of aromatic hydroxyl groups is 1. The van der Waals surface area contributed by atoms with Crippen LogP contribution in [0.5, 0.6) is 5.75 Å². The molecule has 0 bridgehead atoms. The Morgan fingerprint density at radius 2 is 1.87 bits per heavy atom. The lowest BCUT2D eigenvalue weighted by Gasteiger charge is -2.09. The van der Waals surface area contributed by atoms with Gasteiger partial charge in [-0.05, 0) is 48.1 Å². The number of fused-ring (bicyclic) bond motifs is 1. The smallest absolute Gasteiger partial charge is 0.416 e. The molecule has 0 aliphatic rings. The standard InChI is InChI=1S/C15H9F4NOS2/c16-10-3-1-8(5-12(10)21)7-20-11-6-9(15(17,18)19)2-4-13(11)23-14(20)22/h1-6,21H,7H2. The summed E-state index contributed by atoms with van der Waals surface area (Å²) in [6.45, 7) is 0.147. The molecular formula is C15H9F4NOS2. The molecule has 1 heterocycles. The van der Waals surface area contributed by atoms with Crippen molar-refractivity contribution in [2.45, 2.75) is 12.7 Å². The van der Waals surface area contributed by atoms with E-state index in [2.05, 4.69) is 0 Å². The number of phenolic OH excluding ortho intramolecular Hbond substituents is 1. The SMILES string of the molecule is Oc1cc(Cn2c(=S)sc3ccc(C(F)(F)F)cc32)ccc1F. The first-order chi connectivity index (χ1) is 10.8. The number of hydrogen-bond acceptors (Lipinski definition) is 3. The molecule has 0 aliphatic carbocycles. The Balaban J connectivity index is 2.10. The Bertz CT molecular complexity index is 943. The van der Waals surface area contributed by atoms with Crippen LogP contribution in [0, 0.1) is 9.77 Å². The van der Waals surface area contributed by atoms with E-state index in [1.165, 1.54) is 34.1 Å². The molecule has 0 aliphatic heterocycles. The average Bonchev–Trinajstić information content (AvgIpc) is 2.77. The number of nitrogens with zero attached hydrogens (tertiary/aromatic N) is 1. The second-order valence-corrected chi connectivity index (χ2v) is 6.60. The fourth-order valence-corrected chi connectivity index (χ4v) is 3.53. The molecular weight excluding hydrogens is 350 g/mol. The summed E-state index contributed by atoms with van der Waals surface area (Å²) < 4.78 is 54.3. The summed E-state index contributed by atoms with van der Waals surface area (Å²) in [5.41, 5.74) is 0.143. The summed E-state index contributed by atoms with van der Waals surface area (Å²) in [4.78, 5) is 0. The third-order valence-corrected chi connectivity index (χ3v) is 4.78. The van der Waals surface area contributed by atoms with Crippen molar-refractivity contribution in [2.75, 3.05) is 0 Å². The van der Waals surface area contributed by atoms with Crippen LogP contribution >= 0.6 is 23.6 Å². The van der Waals surface area contributed by atoms with Crippen LogP contribution in [0.15, 0.2) is 36.4 Å². The Morgan fingerprint density at radius 3 is 2.52 bits per heavy atom. The Morgan fingerprint density at radius 1 is 1.13 bits per heavy atom. The maximum Gasteiger partial charge on any atom is 0.416 e. The summed E-state index contributed by atoms with van der Waals surface area (Å²) >= 11 is 6.41. The fourth-order valence-electron chi connectivity index (χ4n) is 2.23. The molecule has 8 heteroatoms. The van der Waals surface area contributed by atoms with Gasteiger partial charge in [0.25, 0.3) is 0 Å². The lowest BCUT2D eigenvalue weighted by Crippen LogP contribution is -2.05. The highest BCUT2D eigenvalue weighted by atomic mass is 32.1. The minimum absolute atomic E-state index is 0.147. The zero-order valence-electron chi connectivity index (χ0n) is 11.4. The summed E-state index contributed by atoms with van der Waals surface area (Å²) in [5, 5.41) is 9.41. The molecule has 0 saturated carbocycles. The minimum Gasteiger partial charge on any atom is -0.505 e. The zero-order valence-corrected chi connectivity index (χ0v) is 13.0. The molecule has 0 unspecified atom stereocenters. The van der Waals surface area contributed by atoms with Crippen LogP contribution in [0.2, 0.25) is 0 Å². The van der Waals surface area contributed by atoms with Gasteiger partial charge in [0.05, 0.1) is 15.8 Å². The van der Waals surface area contributed by atoms with Gasteiger partial charge in [-0.15, -0.1) is 11.3 Å². The van der Waals surface area contributed by atoms with Gasteiger partial charge in [-0.1, -0.05) is 6.07 Å². The van der Waals surface area contributed by atoms with Crippen LogP contribution in [-0.2, 0) is 12.7 Å². The first-order valence-electron chi connectivity index (χ1n) is 6.43. The molecule has 2 nitrogen and oxygen atoms in total. The van der Waals surface area contributed by atoms with Crippen molar-refractivity contribution >= 4 is 33.8 Å². The molecule has 0 saturated heterocycles. The van der Waals surface area contributed by atoms with Gasteiger partial charge in [-0.2, -0.15) is 13.2 Å². The van der Waals surface area contributed by atoms with E-state index in [4.69, 9.17) is 12.2 Å². The molecule has 2 aromatic carbocycles. The lowest BCUT2D eigenvalue weighted by molar-refractivity contribution is -0.137. The van der Waals surface area contributed by atoms with Crippen LogP contribution in [-0.4, -0.2) is 9.67 Å². The van der Waals surface area contributed by atoms with E-state index in [9.17, 15) is 22.7 Å². The monoisotopic (exact) mass is 359 g/mol. The molecule has 0 spiro atoms. The number of aromatic nitrogens is 1. The third kappa shape index (κ3) is 3.09. The van der Waals surface area contributed by atoms with E-state index in [1.807, 2.05) is 0 Å². The van der Waals surface area contributed by atoms with Crippen molar-refractivity contribution in [2.24, 2.45) is 0 Å². The summed E-state index contributed by atoms with van der Waals surface area (Å²) in [6.07, 6.45) is -4.44. The predicted molar refractivity (Wildman–Crippen MR) is 82.8 cm³/mol. The normalized spacial score (nSPS) is 12.0. The van der Waals surface area contributed by atoms with E-state index < -0.39 is 23.3 Å². The molecule has 0 amide bonds. The topological polar surface area (TPSA) is 25.2 Å². The van der Waals surface area contributed by atoms with E-state index in [0.717, 1.165) is 18.2 Å². The Hall–Kier alpha value is -1.93. The van der Waals surface area contributed by atoms with Crippen molar-refractivity contribution in [1.29, 1.82) is 0 Å². The predicted octanol–water partition coefficient (Wildman–Crippen LogP) is 5.34. The minimum atomic E-state index is -4.44. The molecule has 1 aromatic heterocycles. The van der Waals surface area contributed by atoms with Crippen molar-refractivity contribution in [3.05, 3.63) is 57.3 Å². The van der Waals surface area contributed by atoms with E-state index in [1.54, 1.807) is 0 Å². The van der Waals surface area contributed by atoms with Gasteiger partial charge in [-0.25, -0.2) is 4.39 Å². The van der Waals surface area contributed by atoms with Crippen LogP contribution in [0.25, 0.3) is 10.2 Å². The molecule has 0 fully saturated rings. The molecule has 3 aromatic rings. The average molecular weight is 359 g/mol. The maximum atomic E-state index is 13.1. The largest absolute Gasteiger partial charge is 0.505 e. The number of halogens is 4. The van der Waals surface area contributed by atoms with Crippen LogP contribution in [0.4, 0.5) is 17.6 Å². The van der Waals surface area contributed by atoms with Gasteiger partial charge in [0.15, 0.2) is 15.5 Å². The lowest BCUT2D eigenvalue weighted by atomic mass is 10.2. The van der Waals surface area contributed by atoms with Crippen LogP contribution in [0.3, 0.4) is 0 Å². The van der Waals surface area contributed by atoms with Crippen molar-refractivity contribution < 1.29 is 22.7 Å². The molecule has 3 rings (SSSR count). The summed E-state index contributed by atoms with van der Waals surface area (Å²) in [5.74, 6) is -1.27. The van der Waals surface area contributed by atoms with E-state index in [-0.39, 0.29) is 6.54 Å². The van der Waals surface area contributed by atoms with Gasteiger partial charge < -0.3 is 9.67 Å². The Labute approximate surface area is 137 Å². The number of benzene rings is 2. The quantitative estimate of drug-likeness (QED) is 0.493. The van der Waals surface area contributed by atoms with Gasteiger partial charge >= 0.3 is 6.18 Å². The van der Waals surface area contributed by atoms with Crippen LogP contribution in [0.1, 0.15) is 11.1 Å². The van der Waals surface area contributed by atoms with Crippen LogP contribution < -0.4 is 0 Å². The first-order valence-corrected chi connectivity index (χ1v) is 7.66. The van der Waals surface area contributed by atoms with Gasteiger partial charge in [0, 0.05) is 6.54 Å². The number of hydrogen-bond donors (Lipinski definition) is 1. The number of thiazole rings is 1. The number of alkyl halides is 3. The summed E-state index contributed by atoms with van der Waals surface area (Å²) in [7, 11) is 0. The summed E-state index contributed by atoms with van der Waals surface area (Å²) in [6, 6.07) is 7.23. The highest BCUT2D eigenvalue weighted by Crippen LogP contribution is 2.33. The van der Waals surface area contributed by atoms with E-state index >= 15 is 0 Å². The molecule has 1 N–H and O–H groups in total. The second-order valence-electron chi connectivity index (χ2n) is 4.92. The highest BCUT2D eigenvalue weighted by Gasteiger charge is 2.30. The van der Waals surface area contributed by atoms with E-state index in [0.29, 0.717) is 19.7 Å². The van der Waals surface area contributed by atoms with Crippen molar-refractivity contribution in [3.8, 4) is 5.75 Å². The molecule has 0 radical (unpaired) electrons. The maximum absolute atomic E-state index is 13.1. The zero-order chi connectivity index (χ0) is 16.8.